The summed E-state index contributed by atoms with van der Waals surface area (Å²) in [6.45, 7) is 2.99. The number of aliphatic imine (C=N–C) groups is 1. The number of aromatic hydroxyl groups is 1. The van der Waals surface area contributed by atoms with E-state index in [-0.39, 0.29) is 17.4 Å². The molecule has 0 unspecified atom stereocenters. The number of amides is 1. The molecule has 0 aliphatic carbocycles. The molecule has 2 N–H and O–H groups in total. The summed E-state index contributed by atoms with van der Waals surface area (Å²) in [5.41, 5.74) is 1.20. The lowest BCUT2D eigenvalue weighted by Crippen LogP contribution is -2.22. The average molecular weight is 324 g/mol. The molecule has 0 saturated heterocycles. The smallest absolute Gasteiger partial charge is 0.271 e. The molecule has 1 amide bonds. The number of carbonyl (C=O) groups excluding carboxylic acids is 1. The molecular formula is C17H16N4O3. The number of nitrogens with zero attached hydrogens (tertiary/aromatic N) is 3. The van der Waals surface area contributed by atoms with Gasteiger partial charge in [0.05, 0.1) is 11.3 Å². The summed E-state index contributed by atoms with van der Waals surface area (Å²) in [5.74, 6) is -0.459. The van der Waals surface area contributed by atoms with Crippen molar-refractivity contribution in [2.45, 2.75) is 13.8 Å². The van der Waals surface area contributed by atoms with Gasteiger partial charge >= 0.3 is 0 Å². The summed E-state index contributed by atoms with van der Waals surface area (Å²) in [6.07, 6.45) is 1.39. The first kappa shape index (κ1) is 17.0. The number of hydrogen-bond acceptors (Lipinski definition) is 5. The van der Waals surface area contributed by atoms with Gasteiger partial charge in [-0.2, -0.15) is 5.26 Å². The molecule has 0 aliphatic rings. The van der Waals surface area contributed by atoms with Gasteiger partial charge in [0.2, 0.25) is 11.8 Å². The predicted molar refractivity (Wildman–Crippen MR) is 90.8 cm³/mol. The van der Waals surface area contributed by atoms with E-state index < -0.39 is 5.56 Å². The highest BCUT2D eigenvalue weighted by Crippen LogP contribution is 2.22. The number of benzene rings is 1. The molecule has 1 heterocycles. The van der Waals surface area contributed by atoms with E-state index >= 15 is 0 Å². The fraction of sp³-hybridized carbons (Fsp3) is 0.176. The molecule has 0 saturated carbocycles. The van der Waals surface area contributed by atoms with E-state index in [1.54, 1.807) is 31.2 Å². The summed E-state index contributed by atoms with van der Waals surface area (Å²) < 4.78 is 1.00. The van der Waals surface area contributed by atoms with Crippen LogP contribution in [0.5, 0.6) is 5.88 Å². The van der Waals surface area contributed by atoms with Gasteiger partial charge in [0, 0.05) is 25.9 Å². The van der Waals surface area contributed by atoms with Crippen LogP contribution >= 0.6 is 0 Å². The Morgan fingerprint density at radius 2 is 2.17 bits per heavy atom. The Bertz CT molecular complexity index is 936. The molecule has 1 aromatic heterocycles. The highest BCUT2D eigenvalue weighted by atomic mass is 16.3. The number of hydrogen-bond donors (Lipinski definition) is 2. The molecule has 0 bridgehead atoms. The second-order valence-electron chi connectivity index (χ2n) is 5.20. The van der Waals surface area contributed by atoms with Gasteiger partial charge in [-0.1, -0.05) is 6.07 Å². The van der Waals surface area contributed by atoms with Crippen LogP contribution in [0.3, 0.4) is 0 Å². The van der Waals surface area contributed by atoms with Crippen molar-refractivity contribution in [1.29, 1.82) is 5.26 Å². The number of nitrogens with one attached hydrogen (secondary N) is 1. The van der Waals surface area contributed by atoms with Crippen LogP contribution in [-0.2, 0) is 11.8 Å². The van der Waals surface area contributed by atoms with Gasteiger partial charge < -0.3 is 10.4 Å². The lowest BCUT2D eigenvalue weighted by molar-refractivity contribution is -0.114. The second kappa shape index (κ2) is 6.79. The summed E-state index contributed by atoms with van der Waals surface area (Å²) in [4.78, 5) is 27.2. The first-order valence-electron chi connectivity index (χ1n) is 7.09. The number of carbonyl (C=O) groups is 1. The van der Waals surface area contributed by atoms with E-state index in [9.17, 15) is 14.7 Å². The lowest BCUT2D eigenvalue weighted by atomic mass is 10.1. The monoisotopic (exact) mass is 324 g/mol. The van der Waals surface area contributed by atoms with Crippen LogP contribution < -0.4 is 10.9 Å². The maximum atomic E-state index is 11.9. The van der Waals surface area contributed by atoms with Crippen molar-refractivity contribution >= 4 is 23.5 Å². The molecule has 2 rings (SSSR count). The first-order valence-corrected chi connectivity index (χ1v) is 7.09. The van der Waals surface area contributed by atoms with Gasteiger partial charge in [-0.15, -0.1) is 0 Å². The fourth-order valence-electron chi connectivity index (χ4n) is 2.20. The molecule has 1 aromatic carbocycles. The Hall–Kier alpha value is -3.40. The minimum absolute atomic E-state index is 0.0382. The topological polar surface area (TPSA) is 107 Å². The number of nitriles is 1. The van der Waals surface area contributed by atoms with Crippen LogP contribution in [0.2, 0.25) is 0 Å². The van der Waals surface area contributed by atoms with Crippen molar-refractivity contribution in [2.75, 3.05) is 5.32 Å². The van der Waals surface area contributed by atoms with Crippen molar-refractivity contribution < 1.29 is 9.90 Å². The van der Waals surface area contributed by atoms with Crippen LogP contribution in [0.15, 0.2) is 34.1 Å². The normalized spacial score (nSPS) is 10.6. The summed E-state index contributed by atoms with van der Waals surface area (Å²) in [7, 11) is 1.38. The maximum Gasteiger partial charge on any atom is 0.271 e. The zero-order valence-corrected chi connectivity index (χ0v) is 13.5. The maximum absolute atomic E-state index is 11.9. The van der Waals surface area contributed by atoms with E-state index in [0.29, 0.717) is 22.5 Å². The average Bonchev–Trinajstić information content (AvgIpc) is 2.53. The third-order valence-corrected chi connectivity index (χ3v) is 3.48. The quantitative estimate of drug-likeness (QED) is 0.842. The van der Waals surface area contributed by atoms with E-state index in [2.05, 4.69) is 10.3 Å². The number of rotatable bonds is 3. The van der Waals surface area contributed by atoms with Crippen molar-refractivity contribution in [3.63, 3.8) is 0 Å². The van der Waals surface area contributed by atoms with Crippen molar-refractivity contribution in [1.82, 2.24) is 4.57 Å². The standard InChI is InChI=1S/C17H16N4O3/c1-10-14(8-18)16(23)21(3)17(24)15(10)9-19-12-5-4-6-13(7-12)20-11(2)22/h4-7,9,24H,1-3H3,(H,20,22). The molecule has 7 nitrogen and oxygen atoms in total. The number of anilines is 1. The third-order valence-electron chi connectivity index (χ3n) is 3.48. The largest absolute Gasteiger partial charge is 0.494 e. The van der Waals surface area contributed by atoms with Crippen LogP contribution in [0.1, 0.15) is 23.6 Å². The van der Waals surface area contributed by atoms with E-state index in [4.69, 9.17) is 5.26 Å². The van der Waals surface area contributed by atoms with Crippen LogP contribution in [0.25, 0.3) is 0 Å². The Morgan fingerprint density at radius 1 is 1.46 bits per heavy atom. The van der Waals surface area contributed by atoms with E-state index in [0.717, 1.165) is 4.57 Å². The highest BCUT2D eigenvalue weighted by Gasteiger charge is 2.15. The van der Waals surface area contributed by atoms with Crippen LogP contribution in [0, 0.1) is 18.3 Å². The summed E-state index contributed by atoms with van der Waals surface area (Å²) in [6, 6.07) is 8.69. The minimum atomic E-state index is -0.558. The summed E-state index contributed by atoms with van der Waals surface area (Å²) >= 11 is 0. The molecule has 24 heavy (non-hydrogen) atoms. The Morgan fingerprint density at radius 3 is 2.79 bits per heavy atom. The van der Waals surface area contributed by atoms with Gasteiger partial charge in [-0.3, -0.25) is 19.1 Å². The molecular weight excluding hydrogens is 308 g/mol. The number of aromatic nitrogens is 1. The van der Waals surface area contributed by atoms with E-state index in [1.165, 1.54) is 20.2 Å². The molecule has 0 aliphatic heterocycles. The molecule has 0 atom stereocenters. The molecule has 122 valence electrons. The van der Waals surface area contributed by atoms with Gasteiger partial charge in [0.15, 0.2) is 0 Å². The summed E-state index contributed by atoms with van der Waals surface area (Å²) in [5, 5.41) is 21.9. The zero-order valence-electron chi connectivity index (χ0n) is 13.5. The SMILES string of the molecule is CC(=O)Nc1cccc(N=Cc2c(C)c(C#N)c(=O)n(C)c2O)c1. The Balaban J connectivity index is 2.47. The molecule has 0 fully saturated rings. The van der Waals surface area contributed by atoms with Gasteiger partial charge in [0.1, 0.15) is 11.6 Å². The predicted octanol–water partition coefficient (Wildman–Crippen LogP) is 1.98. The van der Waals surface area contributed by atoms with Crippen molar-refractivity contribution in [3.05, 3.63) is 51.3 Å². The van der Waals surface area contributed by atoms with Gasteiger partial charge in [-0.05, 0) is 30.7 Å². The van der Waals surface area contributed by atoms with Crippen molar-refractivity contribution in [3.8, 4) is 11.9 Å². The molecule has 0 radical (unpaired) electrons. The zero-order chi connectivity index (χ0) is 17.9. The fourth-order valence-corrected chi connectivity index (χ4v) is 2.20. The molecule has 7 heteroatoms. The number of pyridine rings is 1. The lowest BCUT2D eigenvalue weighted by Gasteiger charge is -2.09. The third kappa shape index (κ3) is 3.33. The first-order chi connectivity index (χ1) is 11.3. The van der Waals surface area contributed by atoms with E-state index in [1.807, 2.05) is 6.07 Å². The molecule has 2 aromatic rings. The second-order valence-corrected chi connectivity index (χ2v) is 5.20. The Labute approximate surface area is 138 Å². The minimum Gasteiger partial charge on any atom is -0.494 e. The molecule has 0 spiro atoms. The van der Waals surface area contributed by atoms with Crippen LogP contribution in [-0.4, -0.2) is 21.8 Å². The van der Waals surface area contributed by atoms with Gasteiger partial charge in [0.25, 0.3) is 5.56 Å². The van der Waals surface area contributed by atoms with Gasteiger partial charge in [-0.25, -0.2) is 0 Å². The van der Waals surface area contributed by atoms with Crippen molar-refractivity contribution in [2.24, 2.45) is 12.0 Å². The highest BCUT2D eigenvalue weighted by molar-refractivity contribution is 5.90. The van der Waals surface area contributed by atoms with Crippen LogP contribution in [0.4, 0.5) is 11.4 Å². The Kier molecular flexibility index (Phi) is 4.80.